The van der Waals surface area contributed by atoms with E-state index in [1.54, 1.807) is 0 Å². The molecule has 0 bridgehead atoms. The molecule has 0 aliphatic carbocycles. The van der Waals surface area contributed by atoms with Crippen LogP contribution in [0.25, 0.3) is 0 Å². The Bertz CT molecular complexity index is 451. The number of aromatic nitrogens is 1. The smallest absolute Gasteiger partial charge is 0.356 e. The lowest BCUT2D eigenvalue weighted by Gasteiger charge is -2.05. The molecule has 0 unspecified atom stereocenters. The van der Waals surface area contributed by atoms with Crippen molar-refractivity contribution in [3.8, 4) is 0 Å². The number of hydrogen-bond donors (Lipinski definition) is 0. The minimum absolute atomic E-state index is 0.0124. The molecule has 0 atom stereocenters. The van der Waals surface area contributed by atoms with Crippen LogP contribution in [0.5, 0.6) is 0 Å². The Morgan fingerprint density at radius 2 is 2.35 bits per heavy atom. The third-order valence-corrected chi connectivity index (χ3v) is 2.55. The van der Waals surface area contributed by atoms with E-state index in [-0.39, 0.29) is 11.6 Å². The number of esters is 1. The molecule has 1 aromatic rings. The number of ether oxygens (including phenoxy) is 2. The number of rotatable bonds is 4. The second-order valence-electron chi connectivity index (χ2n) is 3.04. The molecule has 0 aliphatic rings. The lowest BCUT2D eigenvalue weighted by atomic mass is 10.4. The van der Waals surface area contributed by atoms with Crippen LogP contribution in [0.3, 0.4) is 0 Å². The number of nitrogens with zero attached hydrogens (tertiary/aromatic N) is 2. The number of hydrogen-bond acceptors (Lipinski definition) is 6. The SMILES string of the molecule is C=C(N=C(OCC)c1csc(C)n1)C(=O)OC. The molecule has 0 saturated heterocycles. The number of aryl methyl sites for hydroxylation is 1. The molecule has 0 aliphatic heterocycles. The first-order valence-electron chi connectivity index (χ1n) is 4.99. The second kappa shape index (κ2) is 6.15. The molecule has 0 fully saturated rings. The third-order valence-electron chi connectivity index (χ3n) is 1.78. The van der Waals surface area contributed by atoms with Crippen molar-refractivity contribution >= 4 is 23.2 Å². The van der Waals surface area contributed by atoms with Crippen molar-refractivity contribution in [2.24, 2.45) is 4.99 Å². The molecular weight excluding hydrogens is 240 g/mol. The lowest BCUT2D eigenvalue weighted by molar-refractivity contribution is -0.136. The molecule has 0 spiro atoms. The van der Waals surface area contributed by atoms with Gasteiger partial charge in [0, 0.05) is 5.38 Å². The Hall–Kier alpha value is -1.69. The highest BCUT2D eigenvalue weighted by atomic mass is 32.1. The maximum atomic E-state index is 11.2. The Morgan fingerprint density at radius 1 is 1.65 bits per heavy atom. The molecule has 1 heterocycles. The van der Waals surface area contributed by atoms with E-state index in [0.29, 0.717) is 12.3 Å². The maximum Gasteiger partial charge on any atom is 0.356 e. The van der Waals surface area contributed by atoms with Crippen molar-refractivity contribution in [2.45, 2.75) is 13.8 Å². The molecule has 1 rings (SSSR count). The summed E-state index contributed by atoms with van der Waals surface area (Å²) >= 11 is 1.48. The first-order valence-corrected chi connectivity index (χ1v) is 5.87. The Morgan fingerprint density at radius 3 is 2.82 bits per heavy atom. The molecule has 0 N–H and O–H groups in total. The zero-order valence-corrected chi connectivity index (χ0v) is 10.8. The molecule has 0 radical (unpaired) electrons. The van der Waals surface area contributed by atoms with Crippen molar-refractivity contribution in [1.82, 2.24) is 4.98 Å². The van der Waals surface area contributed by atoms with Gasteiger partial charge in [-0.05, 0) is 13.8 Å². The quantitative estimate of drug-likeness (QED) is 0.356. The fourth-order valence-electron chi connectivity index (χ4n) is 1.05. The zero-order chi connectivity index (χ0) is 12.8. The summed E-state index contributed by atoms with van der Waals surface area (Å²) in [4.78, 5) is 19.4. The molecular formula is C11H14N2O3S. The number of carbonyl (C=O) groups is 1. The summed E-state index contributed by atoms with van der Waals surface area (Å²) in [7, 11) is 1.27. The van der Waals surface area contributed by atoms with Gasteiger partial charge in [0.05, 0.1) is 18.7 Å². The molecule has 6 heteroatoms. The molecule has 92 valence electrons. The van der Waals surface area contributed by atoms with Crippen molar-refractivity contribution in [1.29, 1.82) is 0 Å². The van der Waals surface area contributed by atoms with Crippen molar-refractivity contribution in [2.75, 3.05) is 13.7 Å². The van der Waals surface area contributed by atoms with Gasteiger partial charge in [-0.3, -0.25) is 0 Å². The predicted octanol–water partition coefficient (Wildman–Crippen LogP) is 1.92. The Kier molecular flexibility index (Phi) is 4.84. The average molecular weight is 254 g/mol. The first-order chi connectivity index (χ1) is 8.08. The van der Waals surface area contributed by atoms with Crippen LogP contribution in [-0.4, -0.2) is 30.6 Å². The van der Waals surface area contributed by atoms with E-state index in [1.165, 1.54) is 18.4 Å². The highest BCUT2D eigenvalue weighted by molar-refractivity contribution is 7.09. The van der Waals surface area contributed by atoms with Crippen LogP contribution in [0.1, 0.15) is 17.6 Å². The first kappa shape index (κ1) is 13.4. The number of carbonyl (C=O) groups excluding carboxylic acids is 1. The van der Waals surface area contributed by atoms with E-state index in [1.807, 2.05) is 19.2 Å². The van der Waals surface area contributed by atoms with Crippen LogP contribution >= 0.6 is 11.3 Å². The van der Waals surface area contributed by atoms with Gasteiger partial charge in [0.2, 0.25) is 5.90 Å². The summed E-state index contributed by atoms with van der Waals surface area (Å²) in [6.07, 6.45) is 0. The minimum atomic E-state index is -0.589. The number of thiazole rings is 1. The summed E-state index contributed by atoms with van der Waals surface area (Å²) in [5, 5.41) is 2.71. The van der Waals surface area contributed by atoms with Gasteiger partial charge in [0.15, 0.2) is 0 Å². The molecule has 0 saturated carbocycles. The van der Waals surface area contributed by atoms with E-state index in [4.69, 9.17) is 4.74 Å². The van der Waals surface area contributed by atoms with E-state index >= 15 is 0 Å². The van der Waals surface area contributed by atoms with Crippen LogP contribution in [0.4, 0.5) is 0 Å². The van der Waals surface area contributed by atoms with Crippen molar-refractivity contribution in [3.63, 3.8) is 0 Å². The third kappa shape index (κ3) is 3.67. The van der Waals surface area contributed by atoms with Crippen LogP contribution in [0.15, 0.2) is 22.6 Å². The van der Waals surface area contributed by atoms with E-state index < -0.39 is 5.97 Å². The van der Waals surface area contributed by atoms with Crippen LogP contribution in [-0.2, 0) is 14.3 Å². The van der Waals surface area contributed by atoms with Crippen molar-refractivity contribution in [3.05, 3.63) is 28.4 Å². The van der Waals surface area contributed by atoms with E-state index in [2.05, 4.69) is 21.3 Å². The van der Waals surface area contributed by atoms with Gasteiger partial charge in [0.1, 0.15) is 11.4 Å². The van der Waals surface area contributed by atoms with E-state index in [0.717, 1.165) is 5.01 Å². The second-order valence-corrected chi connectivity index (χ2v) is 4.10. The predicted molar refractivity (Wildman–Crippen MR) is 66.2 cm³/mol. The highest BCUT2D eigenvalue weighted by Crippen LogP contribution is 2.11. The number of aliphatic imine (C=N–C) groups is 1. The molecule has 17 heavy (non-hydrogen) atoms. The van der Waals surface area contributed by atoms with Gasteiger partial charge in [-0.25, -0.2) is 14.8 Å². The van der Waals surface area contributed by atoms with Gasteiger partial charge in [0.25, 0.3) is 0 Å². The molecule has 0 aromatic carbocycles. The van der Waals surface area contributed by atoms with Gasteiger partial charge in [-0.15, -0.1) is 11.3 Å². The largest absolute Gasteiger partial charge is 0.476 e. The van der Waals surface area contributed by atoms with Gasteiger partial charge in [-0.2, -0.15) is 0 Å². The average Bonchev–Trinajstić information content (AvgIpc) is 2.74. The van der Waals surface area contributed by atoms with Crippen LogP contribution in [0.2, 0.25) is 0 Å². The van der Waals surface area contributed by atoms with Gasteiger partial charge >= 0.3 is 5.97 Å². The fourth-order valence-corrected chi connectivity index (χ4v) is 1.63. The monoisotopic (exact) mass is 254 g/mol. The van der Waals surface area contributed by atoms with Crippen molar-refractivity contribution < 1.29 is 14.3 Å². The Labute approximate surface area is 104 Å². The summed E-state index contributed by atoms with van der Waals surface area (Å²) < 4.78 is 9.85. The van der Waals surface area contributed by atoms with Gasteiger partial charge < -0.3 is 9.47 Å². The normalized spacial score (nSPS) is 11.1. The Balaban J connectivity index is 2.96. The van der Waals surface area contributed by atoms with Crippen LogP contribution in [0, 0.1) is 6.92 Å². The summed E-state index contributed by atoms with van der Waals surface area (Å²) in [5.41, 5.74) is 0.584. The highest BCUT2D eigenvalue weighted by Gasteiger charge is 2.12. The summed E-state index contributed by atoms with van der Waals surface area (Å²) in [6, 6.07) is 0. The lowest BCUT2D eigenvalue weighted by Crippen LogP contribution is -2.10. The summed E-state index contributed by atoms with van der Waals surface area (Å²) in [6.45, 7) is 7.66. The summed E-state index contributed by atoms with van der Waals surface area (Å²) in [5.74, 6) is -0.304. The standard InChI is InChI=1S/C11H14N2O3S/c1-5-16-10(9-6-17-8(3)13-9)12-7(2)11(14)15-4/h6H,2,5H2,1,3-4H3. The zero-order valence-electron chi connectivity index (χ0n) is 10.0. The van der Waals surface area contributed by atoms with Crippen LogP contribution < -0.4 is 0 Å². The minimum Gasteiger partial charge on any atom is -0.476 e. The topological polar surface area (TPSA) is 60.8 Å². The number of methoxy groups -OCH3 is 1. The van der Waals surface area contributed by atoms with E-state index in [9.17, 15) is 4.79 Å². The molecule has 1 aromatic heterocycles. The fraction of sp³-hybridized carbons (Fsp3) is 0.364. The maximum absolute atomic E-state index is 11.2. The van der Waals surface area contributed by atoms with Gasteiger partial charge in [-0.1, -0.05) is 6.58 Å². The molecule has 0 amide bonds. The molecule has 5 nitrogen and oxygen atoms in total.